The highest BCUT2D eigenvalue weighted by molar-refractivity contribution is 14.1. The minimum atomic E-state index is -0.448. The molecular formula is C9H10BrIO2. The van der Waals surface area contributed by atoms with Crippen molar-refractivity contribution in [2.45, 2.75) is 6.10 Å². The van der Waals surface area contributed by atoms with Gasteiger partial charge in [-0.1, -0.05) is 28.1 Å². The lowest BCUT2D eigenvalue weighted by Gasteiger charge is -2.10. The zero-order valence-corrected chi connectivity index (χ0v) is 10.7. The van der Waals surface area contributed by atoms with Crippen LogP contribution in [0.3, 0.4) is 0 Å². The second-order valence-corrected chi connectivity index (χ2v) is 4.36. The summed E-state index contributed by atoms with van der Waals surface area (Å²) in [6, 6.07) is 7.73. The number of halogens is 2. The van der Waals surface area contributed by atoms with Gasteiger partial charge >= 0.3 is 0 Å². The van der Waals surface area contributed by atoms with Gasteiger partial charge in [0.1, 0.15) is 12.4 Å². The molecule has 0 saturated carbocycles. The average Bonchev–Trinajstić information content (AvgIpc) is 2.16. The minimum Gasteiger partial charge on any atom is -0.490 e. The summed E-state index contributed by atoms with van der Waals surface area (Å²) in [6.45, 7) is 0.325. The minimum absolute atomic E-state index is 0.325. The van der Waals surface area contributed by atoms with Crippen LogP contribution in [-0.4, -0.2) is 23.1 Å². The number of alkyl halides is 1. The summed E-state index contributed by atoms with van der Waals surface area (Å²) in [5.74, 6) is 0.822. The first-order valence-electron chi connectivity index (χ1n) is 3.85. The Morgan fingerprint density at radius 2 is 2.15 bits per heavy atom. The fraction of sp³-hybridized carbons (Fsp3) is 0.333. The molecule has 1 aromatic carbocycles. The number of rotatable bonds is 4. The Hall–Kier alpha value is 0.190. The molecule has 0 heterocycles. The first-order valence-corrected chi connectivity index (χ1v) is 6.05. The number of aliphatic hydroxyl groups excluding tert-OH is 1. The summed E-state index contributed by atoms with van der Waals surface area (Å²) in [5, 5.41) is 9.77. The molecule has 1 atom stereocenters. The van der Waals surface area contributed by atoms with Crippen LogP contribution >= 0.6 is 38.5 Å². The van der Waals surface area contributed by atoms with Crippen molar-refractivity contribution >= 4 is 38.5 Å². The van der Waals surface area contributed by atoms with E-state index in [0.29, 0.717) is 11.9 Å². The van der Waals surface area contributed by atoms with Crippen LogP contribution in [0.1, 0.15) is 0 Å². The van der Waals surface area contributed by atoms with Crippen molar-refractivity contribution in [1.82, 2.24) is 0 Å². The molecule has 4 heteroatoms. The van der Waals surface area contributed by atoms with E-state index in [1.54, 1.807) is 0 Å². The number of hydrogen-bond acceptors (Lipinski definition) is 2. The maximum atomic E-state index is 9.24. The quantitative estimate of drug-likeness (QED) is 0.663. The van der Waals surface area contributed by atoms with E-state index < -0.39 is 6.10 Å². The molecule has 0 aliphatic carbocycles. The van der Waals surface area contributed by atoms with E-state index in [9.17, 15) is 5.11 Å². The lowest BCUT2D eigenvalue weighted by atomic mass is 10.3. The van der Waals surface area contributed by atoms with Crippen LogP contribution in [0.15, 0.2) is 24.3 Å². The van der Waals surface area contributed by atoms with Crippen LogP contribution < -0.4 is 4.74 Å². The van der Waals surface area contributed by atoms with E-state index in [1.807, 2.05) is 24.3 Å². The Balaban J connectivity index is 2.50. The summed E-state index contributed by atoms with van der Waals surface area (Å²) in [6.07, 6.45) is -0.448. The van der Waals surface area contributed by atoms with Gasteiger partial charge < -0.3 is 9.84 Å². The normalized spacial score (nSPS) is 12.5. The lowest BCUT2D eigenvalue weighted by Crippen LogP contribution is -2.18. The maximum Gasteiger partial charge on any atom is 0.132 e. The largest absolute Gasteiger partial charge is 0.490 e. The van der Waals surface area contributed by atoms with Gasteiger partial charge in [-0.15, -0.1) is 0 Å². The second kappa shape index (κ2) is 5.82. The van der Waals surface area contributed by atoms with Crippen molar-refractivity contribution in [2.24, 2.45) is 0 Å². The molecular weight excluding hydrogens is 347 g/mol. The van der Waals surface area contributed by atoms with Gasteiger partial charge in [-0.2, -0.15) is 0 Å². The van der Waals surface area contributed by atoms with Crippen LogP contribution in [0.4, 0.5) is 0 Å². The third kappa shape index (κ3) is 3.83. The van der Waals surface area contributed by atoms with Crippen molar-refractivity contribution in [3.05, 3.63) is 27.8 Å². The molecule has 2 nitrogen and oxygen atoms in total. The van der Waals surface area contributed by atoms with Crippen molar-refractivity contribution < 1.29 is 9.84 Å². The smallest absolute Gasteiger partial charge is 0.132 e. The highest BCUT2D eigenvalue weighted by Gasteiger charge is 2.04. The third-order valence-corrected chi connectivity index (χ3v) is 3.08. The summed E-state index contributed by atoms with van der Waals surface area (Å²) >= 11 is 5.38. The van der Waals surface area contributed by atoms with Crippen LogP contribution in [0.25, 0.3) is 0 Å². The summed E-state index contributed by atoms with van der Waals surface area (Å²) in [4.78, 5) is 0. The predicted octanol–water partition coefficient (Wildman–Crippen LogP) is 2.43. The van der Waals surface area contributed by atoms with Gasteiger partial charge in [0.2, 0.25) is 0 Å². The Kier molecular flexibility index (Phi) is 5.05. The Morgan fingerprint density at radius 3 is 2.77 bits per heavy atom. The molecule has 0 radical (unpaired) electrons. The average molecular weight is 357 g/mol. The topological polar surface area (TPSA) is 29.5 Å². The van der Waals surface area contributed by atoms with E-state index in [2.05, 4.69) is 38.5 Å². The fourth-order valence-corrected chi connectivity index (χ4v) is 1.52. The van der Waals surface area contributed by atoms with Crippen LogP contribution in [0.5, 0.6) is 5.75 Å². The van der Waals surface area contributed by atoms with Crippen molar-refractivity contribution in [3.63, 3.8) is 0 Å². The van der Waals surface area contributed by atoms with Gasteiger partial charge in [0.15, 0.2) is 0 Å². The van der Waals surface area contributed by atoms with Gasteiger partial charge in [-0.3, -0.25) is 0 Å². The monoisotopic (exact) mass is 356 g/mol. The SMILES string of the molecule is OC(CBr)COc1ccccc1I. The van der Waals surface area contributed by atoms with Crippen molar-refractivity contribution in [3.8, 4) is 5.75 Å². The van der Waals surface area contributed by atoms with Crippen LogP contribution in [0, 0.1) is 3.57 Å². The van der Waals surface area contributed by atoms with Gasteiger partial charge in [0.05, 0.1) is 9.67 Å². The van der Waals surface area contributed by atoms with E-state index in [0.717, 1.165) is 9.32 Å². The molecule has 0 aliphatic rings. The molecule has 0 spiro atoms. The fourth-order valence-electron chi connectivity index (χ4n) is 0.792. The van der Waals surface area contributed by atoms with Gasteiger partial charge in [0, 0.05) is 5.33 Å². The predicted molar refractivity (Wildman–Crippen MR) is 64.5 cm³/mol. The standard InChI is InChI=1S/C9H10BrIO2/c10-5-7(12)6-13-9-4-2-1-3-8(9)11/h1-4,7,12H,5-6H2. The Labute approximate surface area is 99.6 Å². The third-order valence-electron chi connectivity index (χ3n) is 1.45. The number of benzene rings is 1. The molecule has 1 N–H and O–H groups in total. The molecule has 13 heavy (non-hydrogen) atoms. The van der Waals surface area contributed by atoms with Gasteiger partial charge in [-0.05, 0) is 34.7 Å². The molecule has 72 valence electrons. The first kappa shape index (κ1) is 11.3. The van der Waals surface area contributed by atoms with Gasteiger partial charge in [0.25, 0.3) is 0 Å². The first-order chi connectivity index (χ1) is 6.24. The summed E-state index contributed by atoms with van der Waals surface area (Å²) < 4.78 is 6.46. The summed E-state index contributed by atoms with van der Waals surface area (Å²) in [7, 11) is 0. The molecule has 1 unspecified atom stereocenters. The molecule has 0 fully saturated rings. The highest BCUT2D eigenvalue weighted by atomic mass is 127. The highest BCUT2D eigenvalue weighted by Crippen LogP contribution is 2.19. The number of aliphatic hydroxyl groups is 1. The molecule has 0 saturated heterocycles. The number of ether oxygens (including phenoxy) is 1. The van der Waals surface area contributed by atoms with Crippen molar-refractivity contribution in [1.29, 1.82) is 0 Å². The van der Waals surface area contributed by atoms with E-state index in [-0.39, 0.29) is 0 Å². The molecule has 1 aromatic rings. The van der Waals surface area contributed by atoms with Crippen molar-refractivity contribution in [2.75, 3.05) is 11.9 Å². The summed E-state index contributed by atoms with van der Waals surface area (Å²) in [5.41, 5.74) is 0. The molecule has 0 bridgehead atoms. The van der Waals surface area contributed by atoms with E-state index in [4.69, 9.17) is 4.74 Å². The lowest BCUT2D eigenvalue weighted by molar-refractivity contribution is 0.127. The second-order valence-electron chi connectivity index (χ2n) is 2.55. The zero-order chi connectivity index (χ0) is 9.68. The van der Waals surface area contributed by atoms with Crippen LogP contribution in [0.2, 0.25) is 0 Å². The number of para-hydroxylation sites is 1. The molecule has 0 amide bonds. The number of hydrogen-bond donors (Lipinski definition) is 1. The van der Waals surface area contributed by atoms with Crippen LogP contribution in [-0.2, 0) is 0 Å². The Morgan fingerprint density at radius 1 is 1.46 bits per heavy atom. The molecule has 0 aliphatic heterocycles. The molecule has 1 rings (SSSR count). The molecule has 0 aromatic heterocycles. The zero-order valence-electron chi connectivity index (χ0n) is 6.91. The Bertz CT molecular complexity index is 268. The van der Waals surface area contributed by atoms with E-state index >= 15 is 0 Å². The van der Waals surface area contributed by atoms with Gasteiger partial charge in [-0.25, -0.2) is 0 Å². The maximum absolute atomic E-state index is 9.24. The van der Waals surface area contributed by atoms with E-state index in [1.165, 1.54) is 0 Å².